The van der Waals surface area contributed by atoms with Crippen LogP contribution < -0.4 is 10.6 Å². The number of benzene rings is 1. The molecule has 15 heavy (non-hydrogen) atoms. The molecule has 0 amide bonds. The maximum atomic E-state index is 6.04. The van der Waals surface area contributed by atoms with Gasteiger partial charge in [-0.2, -0.15) is 0 Å². The molecule has 0 radical (unpaired) electrons. The summed E-state index contributed by atoms with van der Waals surface area (Å²) in [5.41, 5.74) is 8.87. The quantitative estimate of drug-likeness (QED) is 0.819. The third-order valence-electron chi connectivity index (χ3n) is 3.22. The summed E-state index contributed by atoms with van der Waals surface area (Å²) in [5.74, 6) is 0.507. The molecule has 82 valence electrons. The number of fused-ring (bicyclic) bond motifs is 1. The standard InChI is InChI=1S/C13H20N2/c1-3-8-15-9-12(10(2)14)11-6-4-5-7-13(11)15/h4-7,10,12H,3,8-9,14H2,1-2H3. The highest BCUT2D eigenvalue weighted by atomic mass is 15.2. The van der Waals surface area contributed by atoms with Crippen molar-refractivity contribution in [3.8, 4) is 0 Å². The zero-order valence-electron chi connectivity index (χ0n) is 9.61. The molecule has 2 N–H and O–H groups in total. The first-order valence-electron chi connectivity index (χ1n) is 5.83. The van der Waals surface area contributed by atoms with Gasteiger partial charge in [-0.05, 0) is 25.0 Å². The maximum absolute atomic E-state index is 6.04. The van der Waals surface area contributed by atoms with Crippen LogP contribution in [0.25, 0.3) is 0 Å². The average molecular weight is 204 g/mol. The Morgan fingerprint density at radius 1 is 1.47 bits per heavy atom. The number of rotatable bonds is 3. The Balaban J connectivity index is 2.31. The average Bonchev–Trinajstić information content (AvgIpc) is 2.59. The molecule has 1 aliphatic rings. The Morgan fingerprint density at radius 2 is 2.20 bits per heavy atom. The molecule has 1 heterocycles. The minimum absolute atomic E-state index is 0.244. The number of anilines is 1. The highest BCUT2D eigenvalue weighted by Crippen LogP contribution is 2.37. The lowest BCUT2D eigenvalue weighted by molar-refractivity contribution is 0.582. The molecule has 0 aliphatic carbocycles. The zero-order chi connectivity index (χ0) is 10.8. The molecule has 0 saturated carbocycles. The van der Waals surface area contributed by atoms with E-state index in [-0.39, 0.29) is 6.04 Å². The van der Waals surface area contributed by atoms with Crippen LogP contribution in [0.15, 0.2) is 24.3 Å². The van der Waals surface area contributed by atoms with Crippen LogP contribution in [0, 0.1) is 0 Å². The molecule has 1 aromatic carbocycles. The number of nitrogens with zero attached hydrogens (tertiary/aromatic N) is 1. The van der Waals surface area contributed by atoms with Gasteiger partial charge in [0.1, 0.15) is 0 Å². The Bertz CT molecular complexity index is 333. The monoisotopic (exact) mass is 204 g/mol. The van der Waals surface area contributed by atoms with Gasteiger partial charge in [-0.3, -0.25) is 0 Å². The summed E-state index contributed by atoms with van der Waals surface area (Å²) in [6, 6.07) is 8.91. The van der Waals surface area contributed by atoms with Crippen LogP contribution in [0.2, 0.25) is 0 Å². The molecule has 0 saturated heterocycles. The Labute approximate surface area is 92.1 Å². The molecule has 0 spiro atoms. The van der Waals surface area contributed by atoms with Gasteiger partial charge in [0, 0.05) is 30.7 Å². The summed E-state index contributed by atoms with van der Waals surface area (Å²) in [6.07, 6.45) is 1.19. The van der Waals surface area contributed by atoms with E-state index in [1.54, 1.807) is 0 Å². The van der Waals surface area contributed by atoms with Crippen LogP contribution in [0.5, 0.6) is 0 Å². The van der Waals surface area contributed by atoms with E-state index in [4.69, 9.17) is 5.73 Å². The first-order chi connectivity index (χ1) is 7.24. The van der Waals surface area contributed by atoms with Gasteiger partial charge in [0.25, 0.3) is 0 Å². The van der Waals surface area contributed by atoms with E-state index in [0.29, 0.717) is 5.92 Å². The van der Waals surface area contributed by atoms with Crippen molar-refractivity contribution in [3.63, 3.8) is 0 Å². The third-order valence-corrected chi connectivity index (χ3v) is 3.22. The van der Waals surface area contributed by atoms with Gasteiger partial charge in [-0.15, -0.1) is 0 Å². The van der Waals surface area contributed by atoms with Crippen LogP contribution >= 0.6 is 0 Å². The van der Waals surface area contributed by atoms with Gasteiger partial charge >= 0.3 is 0 Å². The highest BCUT2D eigenvalue weighted by Gasteiger charge is 2.29. The maximum Gasteiger partial charge on any atom is 0.0403 e. The number of hydrogen-bond donors (Lipinski definition) is 1. The second kappa shape index (κ2) is 4.23. The first-order valence-corrected chi connectivity index (χ1v) is 5.83. The Morgan fingerprint density at radius 3 is 2.87 bits per heavy atom. The third kappa shape index (κ3) is 1.86. The SMILES string of the molecule is CCCN1CC(C(C)N)c2ccccc21. The zero-order valence-corrected chi connectivity index (χ0v) is 9.61. The summed E-state index contributed by atoms with van der Waals surface area (Å²) in [4.78, 5) is 2.46. The van der Waals surface area contributed by atoms with Crippen LogP contribution in [0.3, 0.4) is 0 Å². The minimum Gasteiger partial charge on any atom is -0.371 e. The van der Waals surface area contributed by atoms with Gasteiger partial charge in [0.2, 0.25) is 0 Å². The fourth-order valence-electron chi connectivity index (χ4n) is 2.45. The van der Waals surface area contributed by atoms with Crippen molar-refractivity contribution >= 4 is 5.69 Å². The number of nitrogens with two attached hydrogens (primary N) is 1. The summed E-state index contributed by atoms with van der Waals surface area (Å²) >= 11 is 0. The van der Waals surface area contributed by atoms with Crippen molar-refractivity contribution in [2.75, 3.05) is 18.0 Å². The molecular formula is C13H20N2. The molecule has 2 nitrogen and oxygen atoms in total. The van der Waals surface area contributed by atoms with Gasteiger partial charge < -0.3 is 10.6 Å². The highest BCUT2D eigenvalue weighted by molar-refractivity contribution is 5.60. The second-order valence-electron chi connectivity index (χ2n) is 4.47. The Hall–Kier alpha value is -1.02. The summed E-state index contributed by atoms with van der Waals surface area (Å²) in [7, 11) is 0. The van der Waals surface area contributed by atoms with Gasteiger partial charge in [-0.25, -0.2) is 0 Å². The summed E-state index contributed by atoms with van der Waals surface area (Å²) < 4.78 is 0. The van der Waals surface area contributed by atoms with Crippen LogP contribution in [0.1, 0.15) is 31.7 Å². The van der Waals surface area contributed by atoms with Crippen LogP contribution in [0.4, 0.5) is 5.69 Å². The van der Waals surface area contributed by atoms with E-state index >= 15 is 0 Å². The molecule has 2 atom stereocenters. The van der Waals surface area contributed by atoms with E-state index in [1.807, 2.05) is 0 Å². The van der Waals surface area contributed by atoms with E-state index < -0.39 is 0 Å². The molecule has 1 aromatic rings. The van der Waals surface area contributed by atoms with E-state index in [0.717, 1.165) is 13.1 Å². The van der Waals surface area contributed by atoms with Gasteiger partial charge in [-0.1, -0.05) is 25.1 Å². The molecular weight excluding hydrogens is 184 g/mol. The molecule has 0 aromatic heterocycles. The predicted molar refractivity (Wildman–Crippen MR) is 65.3 cm³/mol. The lowest BCUT2D eigenvalue weighted by atomic mass is 9.95. The van der Waals surface area contributed by atoms with E-state index in [1.165, 1.54) is 17.7 Å². The van der Waals surface area contributed by atoms with Crippen LogP contribution in [-0.4, -0.2) is 19.1 Å². The van der Waals surface area contributed by atoms with Crippen molar-refractivity contribution in [2.24, 2.45) is 5.73 Å². The Kier molecular flexibility index (Phi) is 2.96. The normalized spacial score (nSPS) is 21.5. The second-order valence-corrected chi connectivity index (χ2v) is 4.47. The van der Waals surface area contributed by atoms with Gasteiger partial charge in [0.05, 0.1) is 0 Å². The molecule has 2 rings (SSSR count). The fraction of sp³-hybridized carbons (Fsp3) is 0.538. The molecule has 0 bridgehead atoms. The molecule has 1 aliphatic heterocycles. The van der Waals surface area contributed by atoms with Crippen molar-refractivity contribution in [1.29, 1.82) is 0 Å². The number of hydrogen-bond acceptors (Lipinski definition) is 2. The van der Waals surface area contributed by atoms with E-state index in [2.05, 4.69) is 43.0 Å². The van der Waals surface area contributed by atoms with Crippen molar-refractivity contribution in [3.05, 3.63) is 29.8 Å². The smallest absolute Gasteiger partial charge is 0.0403 e. The summed E-state index contributed by atoms with van der Waals surface area (Å²) in [6.45, 7) is 6.56. The van der Waals surface area contributed by atoms with Crippen molar-refractivity contribution < 1.29 is 0 Å². The van der Waals surface area contributed by atoms with Crippen molar-refractivity contribution in [1.82, 2.24) is 0 Å². The van der Waals surface area contributed by atoms with Gasteiger partial charge in [0.15, 0.2) is 0 Å². The molecule has 0 fully saturated rings. The largest absolute Gasteiger partial charge is 0.371 e. The lowest BCUT2D eigenvalue weighted by Gasteiger charge is -2.19. The first kappa shape index (κ1) is 10.5. The summed E-state index contributed by atoms with van der Waals surface area (Å²) in [5, 5.41) is 0. The molecule has 2 heteroatoms. The van der Waals surface area contributed by atoms with E-state index in [9.17, 15) is 0 Å². The fourth-order valence-corrected chi connectivity index (χ4v) is 2.45. The lowest BCUT2D eigenvalue weighted by Crippen LogP contribution is -2.30. The van der Waals surface area contributed by atoms with Crippen LogP contribution in [-0.2, 0) is 0 Å². The number of para-hydroxylation sites is 1. The topological polar surface area (TPSA) is 29.3 Å². The molecule has 2 unspecified atom stereocenters. The van der Waals surface area contributed by atoms with Crippen molar-refractivity contribution in [2.45, 2.75) is 32.2 Å². The predicted octanol–water partition coefficient (Wildman–Crippen LogP) is 2.35. The minimum atomic E-state index is 0.244.